The number of esters is 1. The first kappa shape index (κ1) is 22.0. The van der Waals surface area contributed by atoms with Crippen molar-refractivity contribution >= 4 is 51.2 Å². The molecule has 0 amide bonds. The first-order valence-corrected chi connectivity index (χ1v) is 11.3. The zero-order valence-electron chi connectivity index (χ0n) is 17.0. The van der Waals surface area contributed by atoms with Gasteiger partial charge in [-0.1, -0.05) is 30.7 Å². The Morgan fingerprint density at radius 2 is 2.03 bits per heavy atom. The van der Waals surface area contributed by atoms with Crippen LogP contribution in [-0.2, 0) is 17.7 Å². The fourth-order valence-electron chi connectivity index (χ4n) is 3.59. The van der Waals surface area contributed by atoms with Crippen molar-refractivity contribution in [1.82, 2.24) is 9.80 Å². The van der Waals surface area contributed by atoms with Gasteiger partial charge in [0.15, 0.2) is 5.11 Å². The van der Waals surface area contributed by atoms with Gasteiger partial charge in [-0.25, -0.2) is 4.79 Å². The van der Waals surface area contributed by atoms with Crippen LogP contribution in [0.15, 0.2) is 24.3 Å². The molecular formula is C21H26ClN3O2S2. The van der Waals surface area contributed by atoms with Crippen LogP contribution in [0.1, 0.15) is 33.3 Å². The first-order chi connectivity index (χ1) is 13.9. The van der Waals surface area contributed by atoms with Crippen molar-refractivity contribution in [2.75, 3.05) is 38.6 Å². The summed E-state index contributed by atoms with van der Waals surface area (Å²) in [6.45, 7) is 8.46. The van der Waals surface area contributed by atoms with Gasteiger partial charge in [0.1, 0.15) is 5.00 Å². The minimum absolute atomic E-state index is 0.317. The van der Waals surface area contributed by atoms with Gasteiger partial charge in [-0.15, -0.1) is 11.3 Å². The molecule has 0 saturated carbocycles. The molecule has 1 aromatic carbocycles. The summed E-state index contributed by atoms with van der Waals surface area (Å²) in [5.41, 5.74) is 2.86. The number of ether oxygens (including phenoxy) is 1. The number of nitrogens with one attached hydrogen (secondary N) is 1. The van der Waals surface area contributed by atoms with Gasteiger partial charge in [-0.3, -0.25) is 4.90 Å². The Balaban J connectivity index is 1.61. The molecule has 1 aliphatic heterocycles. The van der Waals surface area contributed by atoms with Crippen LogP contribution in [0, 0.1) is 6.92 Å². The molecule has 1 N–H and O–H groups in total. The standard InChI is InChI=1S/C21H26ClN3O2S2/c1-4-17-14(2)29-19(18(17)20(26)27-3)23-21(28)25-10-8-24(9-11-25)13-15-6-5-7-16(22)12-15/h5-7,12H,4,8-11,13H2,1-3H3,(H,23,28). The van der Waals surface area contributed by atoms with Gasteiger partial charge in [0.25, 0.3) is 0 Å². The number of thiocarbonyl (C=S) groups is 1. The average Bonchev–Trinajstić information content (AvgIpc) is 3.02. The quantitative estimate of drug-likeness (QED) is 0.530. The monoisotopic (exact) mass is 451 g/mol. The molecular weight excluding hydrogens is 426 g/mol. The zero-order valence-corrected chi connectivity index (χ0v) is 19.3. The third-order valence-corrected chi connectivity index (χ3v) is 6.79. The number of methoxy groups -OCH3 is 1. The van der Waals surface area contributed by atoms with E-state index in [0.29, 0.717) is 10.7 Å². The number of carbonyl (C=O) groups excluding carboxylic acids is 1. The van der Waals surface area contributed by atoms with E-state index in [0.717, 1.165) is 59.6 Å². The van der Waals surface area contributed by atoms with Crippen LogP contribution in [0.25, 0.3) is 0 Å². The summed E-state index contributed by atoms with van der Waals surface area (Å²) in [4.78, 5) is 18.0. The Kier molecular flexibility index (Phi) is 7.51. The molecule has 2 aromatic rings. The number of rotatable bonds is 5. The number of piperazine rings is 1. The van der Waals surface area contributed by atoms with Crippen LogP contribution < -0.4 is 5.32 Å². The van der Waals surface area contributed by atoms with Gasteiger partial charge in [0.05, 0.1) is 12.7 Å². The average molecular weight is 452 g/mol. The summed E-state index contributed by atoms with van der Waals surface area (Å²) in [7, 11) is 1.41. The van der Waals surface area contributed by atoms with Crippen molar-refractivity contribution < 1.29 is 9.53 Å². The van der Waals surface area contributed by atoms with Crippen molar-refractivity contribution in [3.63, 3.8) is 0 Å². The van der Waals surface area contributed by atoms with Crippen LogP contribution in [0.3, 0.4) is 0 Å². The molecule has 0 bridgehead atoms. The SMILES string of the molecule is CCc1c(C)sc(NC(=S)N2CCN(Cc3cccc(Cl)c3)CC2)c1C(=O)OC. The Bertz CT molecular complexity index is 892. The van der Waals surface area contributed by atoms with Gasteiger partial charge in [-0.2, -0.15) is 0 Å². The normalized spacial score (nSPS) is 14.7. The third kappa shape index (κ3) is 5.28. The number of nitrogens with zero attached hydrogens (tertiary/aromatic N) is 2. The van der Waals surface area contributed by atoms with E-state index < -0.39 is 0 Å². The second-order valence-electron chi connectivity index (χ2n) is 7.01. The molecule has 0 spiro atoms. The lowest BCUT2D eigenvalue weighted by Gasteiger charge is -2.36. The van der Waals surface area contributed by atoms with Gasteiger partial charge < -0.3 is 15.0 Å². The second-order valence-corrected chi connectivity index (χ2v) is 9.06. The van der Waals surface area contributed by atoms with Gasteiger partial charge in [-0.05, 0) is 48.8 Å². The summed E-state index contributed by atoms with van der Waals surface area (Å²) >= 11 is 13.3. The molecule has 29 heavy (non-hydrogen) atoms. The van der Waals surface area contributed by atoms with Crippen LogP contribution in [0.4, 0.5) is 5.00 Å². The zero-order chi connectivity index (χ0) is 21.0. The van der Waals surface area contributed by atoms with Crippen LogP contribution >= 0.6 is 35.2 Å². The fourth-order valence-corrected chi connectivity index (χ4v) is 5.28. The molecule has 8 heteroatoms. The predicted octanol–water partition coefficient (Wildman–Crippen LogP) is 4.57. The number of benzene rings is 1. The van der Waals surface area contributed by atoms with E-state index in [9.17, 15) is 4.79 Å². The Hall–Kier alpha value is -1.67. The molecule has 0 radical (unpaired) electrons. The molecule has 0 aliphatic carbocycles. The van der Waals surface area contributed by atoms with E-state index >= 15 is 0 Å². The van der Waals surface area contributed by atoms with E-state index in [1.807, 2.05) is 32.0 Å². The minimum Gasteiger partial charge on any atom is -0.465 e. The number of halogens is 1. The molecule has 1 aromatic heterocycles. The number of thiophene rings is 1. The summed E-state index contributed by atoms with van der Waals surface area (Å²) < 4.78 is 4.99. The predicted molar refractivity (Wildman–Crippen MR) is 124 cm³/mol. The molecule has 3 rings (SSSR count). The van der Waals surface area contributed by atoms with E-state index in [1.54, 1.807) is 11.3 Å². The minimum atomic E-state index is -0.317. The smallest absolute Gasteiger partial charge is 0.341 e. The van der Waals surface area contributed by atoms with Gasteiger partial charge >= 0.3 is 5.97 Å². The number of hydrogen-bond donors (Lipinski definition) is 1. The summed E-state index contributed by atoms with van der Waals surface area (Å²) in [6.07, 6.45) is 0.781. The molecule has 1 saturated heterocycles. The maximum absolute atomic E-state index is 12.3. The lowest BCUT2D eigenvalue weighted by atomic mass is 10.1. The topological polar surface area (TPSA) is 44.8 Å². The lowest BCUT2D eigenvalue weighted by Crippen LogP contribution is -2.49. The largest absolute Gasteiger partial charge is 0.465 e. The lowest BCUT2D eigenvalue weighted by molar-refractivity contribution is 0.0601. The van der Waals surface area contributed by atoms with Gasteiger partial charge in [0.2, 0.25) is 0 Å². The number of carbonyl (C=O) groups is 1. The van der Waals surface area contributed by atoms with Crippen molar-refractivity contribution in [2.24, 2.45) is 0 Å². The second kappa shape index (κ2) is 9.89. The van der Waals surface area contributed by atoms with Crippen LogP contribution in [0.5, 0.6) is 0 Å². The summed E-state index contributed by atoms with van der Waals surface area (Å²) in [5, 5.41) is 5.50. The molecule has 0 unspecified atom stereocenters. The Morgan fingerprint density at radius 3 is 2.66 bits per heavy atom. The van der Waals surface area contributed by atoms with Crippen molar-refractivity contribution in [1.29, 1.82) is 0 Å². The molecule has 1 aliphatic rings. The summed E-state index contributed by atoms with van der Waals surface area (Å²) in [5.74, 6) is -0.317. The molecule has 156 valence electrons. The third-order valence-electron chi connectivity index (χ3n) is 5.13. The number of anilines is 1. The van der Waals surface area contributed by atoms with Crippen LogP contribution in [-0.4, -0.2) is 54.2 Å². The van der Waals surface area contributed by atoms with E-state index in [-0.39, 0.29) is 5.97 Å². The highest BCUT2D eigenvalue weighted by atomic mass is 35.5. The van der Waals surface area contributed by atoms with Crippen molar-refractivity contribution in [3.8, 4) is 0 Å². The van der Waals surface area contributed by atoms with Crippen LogP contribution in [0.2, 0.25) is 5.02 Å². The molecule has 0 atom stereocenters. The number of hydrogen-bond acceptors (Lipinski definition) is 5. The van der Waals surface area contributed by atoms with Gasteiger partial charge in [0, 0.05) is 42.6 Å². The summed E-state index contributed by atoms with van der Waals surface area (Å²) in [6, 6.07) is 7.99. The highest BCUT2D eigenvalue weighted by Crippen LogP contribution is 2.34. The van der Waals surface area contributed by atoms with E-state index in [2.05, 4.69) is 21.2 Å². The van der Waals surface area contributed by atoms with E-state index in [4.69, 9.17) is 28.6 Å². The molecule has 2 heterocycles. The molecule has 1 fully saturated rings. The highest BCUT2D eigenvalue weighted by molar-refractivity contribution is 7.80. The Morgan fingerprint density at radius 1 is 1.31 bits per heavy atom. The maximum atomic E-state index is 12.3. The highest BCUT2D eigenvalue weighted by Gasteiger charge is 2.25. The first-order valence-electron chi connectivity index (χ1n) is 9.66. The fraction of sp³-hybridized carbons (Fsp3) is 0.429. The van der Waals surface area contributed by atoms with E-state index in [1.165, 1.54) is 12.7 Å². The van der Waals surface area contributed by atoms with Crippen molar-refractivity contribution in [2.45, 2.75) is 26.8 Å². The van der Waals surface area contributed by atoms with Crippen molar-refractivity contribution in [3.05, 3.63) is 50.9 Å². The Labute approximate surface area is 186 Å². The number of aryl methyl sites for hydroxylation is 1. The maximum Gasteiger partial charge on any atom is 0.341 e. The molecule has 5 nitrogen and oxygen atoms in total.